The van der Waals surface area contributed by atoms with Gasteiger partial charge in [0.1, 0.15) is 5.75 Å². The van der Waals surface area contributed by atoms with Crippen molar-refractivity contribution in [1.29, 1.82) is 0 Å². The van der Waals surface area contributed by atoms with E-state index in [1.165, 1.54) is 19.2 Å². The monoisotopic (exact) mass is 166 g/mol. The van der Waals surface area contributed by atoms with E-state index >= 15 is 0 Å². The Hall–Kier alpha value is -1.71. The van der Waals surface area contributed by atoms with E-state index in [1.54, 1.807) is 0 Å². The largest absolute Gasteiger partial charge is 0.496 e. The molecule has 4 nitrogen and oxygen atoms in total. The third kappa shape index (κ3) is 1.32. The third-order valence-electron chi connectivity index (χ3n) is 1.56. The summed E-state index contributed by atoms with van der Waals surface area (Å²) in [6, 6.07) is 3.01. The molecule has 0 heterocycles. The number of nitrogens with two attached hydrogens (primary N) is 2. The number of aldehydes is 1. The van der Waals surface area contributed by atoms with Crippen molar-refractivity contribution >= 4 is 17.7 Å². The highest BCUT2D eigenvalue weighted by Crippen LogP contribution is 2.25. The number of anilines is 2. The summed E-state index contributed by atoms with van der Waals surface area (Å²) >= 11 is 0. The fourth-order valence-electron chi connectivity index (χ4n) is 0.899. The van der Waals surface area contributed by atoms with E-state index in [0.717, 1.165) is 0 Å². The molecule has 0 saturated heterocycles. The van der Waals surface area contributed by atoms with Crippen molar-refractivity contribution in [2.75, 3.05) is 18.6 Å². The SMILES string of the molecule is COc1cc(N)c(N)cc1C=O. The van der Waals surface area contributed by atoms with Crippen LogP contribution >= 0.6 is 0 Å². The van der Waals surface area contributed by atoms with Crippen LogP contribution in [0.3, 0.4) is 0 Å². The number of hydrogen-bond donors (Lipinski definition) is 2. The molecule has 4 N–H and O–H groups in total. The van der Waals surface area contributed by atoms with Gasteiger partial charge in [0.2, 0.25) is 0 Å². The Morgan fingerprint density at radius 1 is 1.33 bits per heavy atom. The maximum atomic E-state index is 10.5. The van der Waals surface area contributed by atoms with Crippen molar-refractivity contribution in [1.82, 2.24) is 0 Å². The molecule has 0 aromatic heterocycles. The first-order chi connectivity index (χ1) is 5.69. The van der Waals surface area contributed by atoms with Gasteiger partial charge in [0.15, 0.2) is 6.29 Å². The van der Waals surface area contributed by atoms with Crippen molar-refractivity contribution < 1.29 is 9.53 Å². The number of methoxy groups -OCH3 is 1. The van der Waals surface area contributed by atoms with Crippen molar-refractivity contribution in [2.45, 2.75) is 0 Å². The molecule has 1 aromatic carbocycles. The molecular formula is C8H10N2O2. The molecule has 0 atom stereocenters. The molecule has 1 aromatic rings. The molecule has 12 heavy (non-hydrogen) atoms. The second kappa shape index (κ2) is 3.13. The predicted molar refractivity (Wildman–Crippen MR) is 47.2 cm³/mol. The molecule has 0 spiro atoms. The lowest BCUT2D eigenvalue weighted by Crippen LogP contribution is -1.98. The number of carbonyl (C=O) groups is 1. The molecule has 64 valence electrons. The lowest BCUT2D eigenvalue weighted by atomic mass is 10.1. The first-order valence-electron chi connectivity index (χ1n) is 3.37. The lowest BCUT2D eigenvalue weighted by molar-refractivity contribution is 0.112. The van der Waals surface area contributed by atoms with Crippen molar-refractivity contribution in [2.24, 2.45) is 0 Å². The van der Waals surface area contributed by atoms with E-state index in [4.69, 9.17) is 16.2 Å². The van der Waals surface area contributed by atoms with Gasteiger partial charge in [0.05, 0.1) is 24.0 Å². The van der Waals surface area contributed by atoms with Crippen LogP contribution in [0.1, 0.15) is 10.4 Å². The van der Waals surface area contributed by atoms with Gasteiger partial charge in [-0.05, 0) is 6.07 Å². The minimum absolute atomic E-state index is 0.387. The Morgan fingerprint density at radius 2 is 1.92 bits per heavy atom. The van der Waals surface area contributed by atoms with Crippen LogP contribution in [0.15, 0.2) is 12.1 Å². The Bertz CT molecular complexity index is 310. The van der Waals surface area contributed by atoms with Gasteiger partial charge in [-0.15, -0.1) is 0 Å². The molecule has 4 heteroatoms. The van der Waals surface area contributed by atoms with E-state index in [2.05, 4.69) is 0 Å². The quantitative estimate of drug-likeness (QED) is 0.500. The Labute approximate surface area is 70.1 Å². The Balaban J connectivity index is 3.28. The third-order valence-corrected chi connectivity index (χ3v) is 1.56. The summed E-state index contributed by atoms with van der Waals surface area (Å²) in [6.07, 6.45) is 0.675. The van der Waals surface area contributed by atoms with Crippen LogP contribution in [0.25, 0.3) is 0 Å². The molecule has 0 aliphatic rings. The van der Waals surface area contributed by atoms with Crippen LogP contribution in [-0.2, 0) is 0 Å². The van der Waals surface area contributed by atoms with Crippen LogP contribution in [0.4, 0.5) is 11.4 Å². The summed E-state index contributed by atoms with van der Waals surface area (Å²) in [7, 11) is 1.47. The number of benzene rings is 1. The zero-order valence-corrected chi connectivity index (χ0v) is 6.70. The average molecular weight is 166 g/mol. The van der Waals surface area contributed by atoms with E-state index in [1.807, 2.05) is 0 Å². The average Bonchev–Trinajstić information content (AvgIpc) is 2.09. The number of hydrogen-bond acceptors (Lipinski definition) is 4. The normalized spacial score (nSPS) is 9.42. The maximum Gasteiger partial charge on any atom is 0.153 e. The van der Waals surface area contributed by atoms with Crippen molar-refractivity contribution in [3.8, 4) is 5.75 Å². The highest BCUT2D eigenvalue weighted by Gasteiger charge is 2.04. The molecule has 0 saturated carbocycles. The smallest absolute Gasteiger partial charge is 0.153 e. The number of carbonyl (C=O) groups excluding carboxylic acids is 1. The zero-order valence-electron chi connectivity index (χ0n) is 6.70. The van der Waals surface area contributed by atoms with Crippen LogP contribution in [0.5, 0.6) is 5.75 Å². The first kappa shape index (κ1) is 8.39. The second-order valence-corrected chi connectivity index (χ2v) is 2.34. The summed E-state index contributed by atoms with van der Waals surface area (Å²) in [5.41, 5.74) is 12.2. The summed E-state index contributed by atoms with van der Waals surface area (Å²) in [5.74, 6) is 0.441. The fourth-order valence-corrected chi connectivity index (χ4v) is 0.899. The molecule has 0 bridgehead atoms. The molecule has 0 radical (unpaired) electrons. The van der Waals surface area contributed by atoms with E-state index < -0.39 is 0 Å². The van der Waals surface area contributed by atoms with Crippen molar-refractivity contribution in [3.63, 3.8) is 0 Å². The zero-order chi connectivity index (χ0) is 9.14. The van der Waals surface area contributed by atoms with Crippen LogP contribution in [0.2, 0.25) is 0 Å². The minimum Gasteiger partial charge on any atom is -0.496 e. The highest BCUT2D eigenvalue weighted by molar-refractivity contribution is 5.84. The summed E-state index contributed by atoms with van der Waals surface area (Å²) in [4.78, 5) is 10.5. The lowest BCUT2D eigenvalue weighted by Gasteiger charge is -2.06. The standard InChI is InChI=1S/C8H10N2O2/c1-12-8-3-7(10)6(9)2-5(8)4-11/h2-4H,9-10H2,1H3. The van der Waals surface area contributed by atoms with Gasteiger partial charge >= 0.3 is 0 Å². The van der Waals surface area contributed by atoms with Crippen molar-refractivity contribution in [3.05, 3.63) is 17.7 Å². The molecular weight excluding hydrogens is 156 g/mol. The first-order valence-corrected chi connectivity index (χ1v) is 3.37. The van der Waals surface area contributed by atoms with Crippen LogP contribution in [0, 0.1) is 0 Å². The molecule has 0 aliphatic carbocycles. The number of ether oxygens (including phenoxy) is 1. The van der Waals surface area contributed by atoms with Gasteiger partial charge in [0, 0.05) is 6.07 Å². The molecule has 0 unspecified atom stereocenters. The Morgan fingerprint density at radius 3 is 2.42 bits per heavy atom. The van der Waals surface area contributed by atoms with Gasteiger partial charge < -0.3 is 16.2 Å². The Kier molecular flexibility index (Phi) is 2.19. The van der Waals surface area contributed by atoms with Gasteiger partial charge in [-0.2, -0.15) is 0 Å². The number of nitrogen functional groups attached to an aromatic ring is 2. The van der Waals surface area contributed by atoms with E-state index in [9.17, 15) is 4.79 Å². The van der Waals surface area contributed by atoms with Gasteiger partial charge in [0.25, 0.3) is 0 Å². The second-order valence-electron chi connectivity index (χ2n) is 2.34. The van der Waals surface area contributed by atoms with E-state index in [-0.39, 0.29) is 0 Å². The van der Waals surface area contributed by atoms with Gasteiger partial charge in [-0.25, -0.2) is 0 Å². The summed E-state index contributed by atoms with van der Waals surface area (Å²) < 4.78 is 4.91. The topological polar surface area (TPSA) is 78.3 Å². The molecule has 1 rings (SSSR count). The molecule has 0 fully saturated rings. The van der Waals surface area contributed by atoms with Gasteiger partial charge in [-0.1, -0.05) is 0 Å². The highest BCUT2D eigenvalue weighted by atomic mass is 16.5. The van der Waals surface area contributed by atoms with Gasteiger partial charge in [-0.3, -0.25) is 4.79 Å². The number of rotatable bonds is 2. The van der Waals surface area contributed by atoms with Crippen LogP contribution in [-0.4, -0.2) is 13.4 Å². The maximum absolute atomic E-state index is 10.5. The summed E-state index contributed by atoms with van der Waals surface area (Å²) in [6.45, 7) is 0. The minimum atomic E-state index is 0.387. The van der Waals surface area contributed by atoms with E-state index in [0.29, 0.717) is 29.0 Å². The fraction of sp³-hybridized carbons (Fsp3) is 0.125. The molecule has 0 amide bonds. The van der Waals surface area contributed by atoms with Crippen LogP contribution < -0.4 is 16.2 Å². The predicted octanol–water partition coefficient (Wildman–Crippen LogP) is 0.672. The molecule has 0 aliphatic heterocycles. The summed E-state index contributed by atoms with van der Waals surface area (Å²) in [5, 5.41) is 0.